The number of carbonyl (C=O) groups is 1. The Morgan fingerprint density at radius 2 is 1.96 bits per heavy atom. The van der Waals surface area contributed by atoms with E-state index < -0.39 is 5.82 Å². The van der Waals surface area contributed by atoms with Crippen LogP contribution in [0.2, 0.25) is 5.02 Å². The van der Waals surface area contributed by atoms with Crippen LogP contribution < -0.4 is 10.1 Å². The Labute approximate surface area is 164 Å². The van der Waals surface area contributed by atoms with Gasteiger partial charge in [0, 0.05) is 7.05 Å². The van der Waals surface area contributed by atoms with Gasteiger partial charge in [-0.05, 0) is 24.3 Å². The third-order valence-electron chi connectivity index (χ3n) is 3.60. The van der Waals surface area contributed by atoms with Crippen LogP contribution in [0, 0.1) is 5.82 Å². The van der Waals surface area contributed by atoms with Gasteiger partial charge in [0.05, 0.1) is 16.5 Å². The summed E-state index contributed by atoms with van der Waals surface area (Å²) in [5.41, 5.74) is 0.148. The second-order valence-electron chi connectivity index (χ2n) is 5.49. The summed E-state index contributed by atoms with van der Waals surface area (Å²) >= 11 is 7.25. The Kier molecular flexibility index (Phi) is 6.31. The molecule has 1 aromatic heterocycles. The summed E-state index contributed by atoms with van der Waals surface area (Å²) in [7, 11) is 1.78. The molecule has 3 aromatic rings. The summed E-state index contributed by atoms with van der Waals surface area (Å²) in [6, 6.07) is 13.2. The van der Waals surface area contributed by atoms with Crippen LogP contribution in [0.25, 0.3) is 0 Å². The smallest absolute Gasteiger partial charge is 0.234 e. The van der Waals surface area contributed by atoms with Crippen LogP contribution in [0.15, 0.2) is 53.7 Å². The van der Waals surface area contributed by atoms with Crippen LogP contribution in [-0.4, -0.2) is 26.4 Å². The fraction of sp³-hybridized carbons (Fsp3) is 0.167. The maximum atomic E-state index is 13.6. The molecular formula is C18H16ClFN4O2S. The lowest BCUT2D eigenvalue weighted by atomic mass is 10.3. The molecule has 0 aliphatic carbocycles. The minimum atomic E-state index is -0.478. The van der Waals surface area contributed by atoms with Crippen LogP contribution in [0.3, 0.4) is 0 Å². The molecular weight excluding hydrogens is 391 g/mol. The summed E-state index contributed by atoms with van der Waals surface area (Å²) in [6.07, 6.45) is 0. The van der Waals surface area contributed by atoms with E-state index in [0.717, 1.165) is 0 Å². The highest BCUT2D eigenvalue weighted by atomic mass is 35.5. The van der Waals surface area contributed by atoms with Crippen molar-refractivity contribution in [2.75, 3.05) is 11.1 Å². The van der Waals surface area contributed by atoms with Gasteiger partial charge < -0.3 is 14.6 Å². The van der Waals surface area contributed by atoms with E-state index in [1.807, 2.05) is 12.1 Å². The van der Waals surface area contributed by atoms with E-state index >= 15 is 0 Å². The lowest BCUT2D eigenvalue weighted by Gasteiger charge is -2.08. The zero-order chi connectivity index (χ0) is 19.2. The zero-order valence-corrected chi connectivity index (χ0v) is 15.9. The van der Waals surface area contributed by atoms with Gasteiger partial charge in [0.25, 0.3) is 0 Å². The van der Waals surface area contributed by atoms with Crippen molar-refractivity contribution in [1.29, 1.82) is 0 Å². The van der Waals surface area contributed by atoms with Crippen molar-refractivity contribution in [2.45, 2.75) is 11.8 Å². The first kappa shape index (κ1) is 19.2. The number of nitrogens with zero attached hydrogens (tertiary/aromatic N) is 3. The molecule has 140 valence electrons. The molecule has 0 saturated carbocycles. The van der Waals surface area contributed by atoms with E-state index in [0.29, 0.717) is 21.8 Å². The highest BCUT2D eigenvalue weighted by Crippen LogP contribution is 2.24. The average molecular weight is 407 g/mol. The predicted molar refractivity (Wildman–Crippen MR) is 103 cm³/mol. The first-order valence-corrected chi connectivity index (χ1v) is 9.33. The molecule has 1 heterocycles. The van der Waals surface area contributed by atoms with Crippen molar-refractivity contribution in [3.63, 3.8) is 0 Å². The number of aromatic nitrogens is 3. The van der Waals surface area contributed by atoms with E-state index in [4.69, 9.17) is 16.3 Å². The molecule has 0 radical (unpaired) electrons. The third kappa shape index (κ3) is 4.99. The number of ether oxygens (including phenoxy) is 1. The Bertz CT molecular complexity index is 951. The van der Waals surface area contributed by atoms with Crippen LogP contribution in [0.1, 0.15) is 5.82 Å². The van der Waals surface area contributed by atoms with Gasteiger partial charge in [-0.15, -0.1) is 10.2 Å². The molecule has 6 nitrogen and oxygen atoms in total. The first-order chi connectivity index (χ1) is 13.0. The Hall–Kier alpha value is -2.58. The van der Waals surface area contributed by atoms with Gasteiger partial charge in [-0.25, -0.2) is 4.39 Å². The molecule has 0 aliphatic rings. The summed E-state index contributed by atoms with van der Waals surface area (Å²) in [4.78, 5) is 12.0. The number of thioether (sulfide) groups is 1. The normalized spacial score (nSPS) is 10.6. The molecule has 2 aromatic carbocycles. The van der Waals surface area contributed by atoms with E-state index in [-0.39, 0.29) is 24.0 Å². The maximum Gasteiger partial charge on any atom is 0.234 e. The van der Waals surface area contributed by atoms with Gasteiger partial charge in [0.15, 0.2) is 11.0 Å². The largest absolute Gasteiger partial charge is 0.484 e. The highest BCUT2D eigenvalue weighted by molar-refractivity contribution is 7.99. The van der Waals surface area contributed by atoms with E-state index in [1.54, 1.807) is 35.9 Å². The van der Waals surface area contributed by atoms with Crippen molar-refractivity contribution in [3.8, 4) is 5.75 Å². The van der Waals surface area contributed by atoms with Gasteiger partial charge in [0.2, 0.25) is 5.91 Å². The van der Waals surface area contributed by atoms with Gasteiger partial charge in [-0.2, -0.15) is 0 Å². The number of amides is 1. The Morgan fingerprint density at radius 1 is 1.22 bits per heavy atom. The molecule has 0 saturated heterocycles. The predicted octanol–water partition coefficient (Wildman–Crippen LogP) is 3.92. The van der Waals surface area contributed by atoms with Crippen LogP contribution >= 0.6 is 23.4 Å². The number of benzene rings is 2. The maximum absolute atomic E-state index is 13.6. The van der Waals surface area contributed by atoms with E-state index in [2.05, 4.69) is 15.5 Å². The number of hydrogen-bond acceptors (Lipinski definition) is 5. The minimum Gasteiger partial charge on any atom is -0.484 e. The molecule has 1 amide bonds. The molecule has 0 aliphatic heterocycles. The monoisotopic (exact) mass is 406 g/mol. The lowest BCUT2D eigenvalue weighted by Crippen LogP contribution is -2.15. The molecule has 9 heteroatoms. The molecule has 1 N–H and O–H groups in total. The molecule has 0 spiro atoms. The average Bonchev–Trinajstić information content (AvgIpc) is 3.01. The van der Waals surface area contributed by atoms with Gasteiger partial charge >= 0.3 is 0 Å². The molecule has 27 heavy (non-hydrogen) atoms. The SMILES string of the molecule is Cn1c(COc2ccccc2Cl)nnc1SCC(=O)Nc1ccccc1F. The second-order valence-corrected chi connectivity index (χ2v) is 6.84. The quantitative estimate of drug-likeness (QED) is 0.602. The number of halogens is 2. The Morgan fingerprint density at radius 3 is 2.74 bits per heavy atom. The summed E-state index contributed by atoms with van der Waals surface area (Å²) in [5, 5.41) is 11.7. The number of rotatable bonds is 7. The van der Waals surface area contributed by atoms with Crippen LogP contribution in [-0.2, 0) is 18.4 Å². The summed E-state index contributed by atoms with van der Waals surface area (Å²) in [5.74, 6) is 0.411. The number of hydrogen-bond donors (Lipinski definition) is 1. The summed E-state index contributed by atoms with van der Waals surface area (Å²) in [6.45, 7) is 0.190. The molecule has 0 fully saturated rings. The van der Waals surface area contributed by atoms with Gasteiger partial charge in [0.1, 0.15) is 18.2 Å². The van der Waals surface area contributed by atoms with Crippen molar-refractivity contribution in [2.24, 2.45) is 7.05 Å². The molecule has 3 rings (SSSR count). The first-order valence-electron chi connectivity index (χ1n) is 7.97. The fourth-order valence-electron chi connectivity index (χ4n) is 2.18. The zero-order valence-electron chi connectivity index (χ0n) is 14.4. The minimum absolute atomic E-state index is 0.0751. The topological polar surface area (TPSA) is 69.0 Å². The van der Waals surface area contributed by atoms with Crippen molar-refractivity contribution < 1.29 is 13.9 Å². The lowest BCUT2D eigenvalue weighted by molar-refractivity contribution is -0.113. The standard InChI is InChI=1S/C18H16ClFN4O2S/c1-24-16(10-26-15-9-5-2-6-12(15)19)22-23-18(24)27-11-17(25)21-14-8-4-3-7-13(14)20/h2-9H,10-11H2,1H3,(H,21,25). The molecule has 0 atom stereocenters. The number of para-hydroxylation sites is 2. The second kappa shape index (κ2) is 8.88. The van der Waals surface area contributed by atoms with E-state index in [9.17, 15) is 9.18 Å². The molecule has 0 bridgehead atoms. The van der Waals surface area contributed by atoms with Gasteiger partial charge in [-0.1, -0.05) is 47.6 Å². The number of nitrogens with one attached hydrogen (secondary N) is 1. The Balaban J connectivity index is 1.55. The van der Waals surface area contributed by atoms with Crippen molar-refractivity contribution in [1.82, 2.24) is 14.8 Å². The van der Waals surface area contributed by atoms with Crippen LogP contribution in [0.5, 0.6) is 5.75 Å². The fourth-order valence-corrected chi connectivity index (χ4v) is 3.10. The van der Waals surface area contributed by atoms with Crippen LogP contribution in [0.4, 0.5) is 10.1 Å². The highest BCUT2D eigenvalue weighted by Gasteiger charge is 2.13. The van der Waals surface area contributed by atoms with Crippen molar-refractivity contribution in [3.05, 3.63) is 65.2 Å². The number of anilines is 1. The summed E-state index contributed by atoms with van der Waals surface area (Å²) < 4.78 is 20.9. The number of carbonyl (C=O) groups excluding carboxylic acids is 1. The molecule has 0 unspecified atom stereocenters. The third-order valence-corrected chi connectivity index (χ3v) is 4.93. The van der Waals surface area contributed by atoms with Crippen molar-refractivity contribution >= 4 is 35.0 Å². The van der Waals surface area contributed by atoms with Gasteiger partial charge in [-0.3, -0.25) is 4.79 Å². The van der Waals surface area contributed by atoms with E-state index in [1.165, 1.54) is 23.9 Å².